The van der Waals surface area contributed by atoms with Crippen LogP contribution in [0.5, 0.6) is 0 Å². The van der Waals surface area contributed by atoms with Crippen LogP contribution < -0.4 is 4.90 Å². The molecular formula is C18H19IN4O2. The Labute approximate surface area is 160 Å². The number of amides is 1. The van der Waals surface area contributed by atoms with Gasteiger partial charge >= 0.3 is 0 Å². The van der Waals surface area contributed by atoms with E-state index in [1.54, 1.807) is 0 Å². The van der Waals surface area contributed by atoms with Crippen molar-refractivity contribution in [2.75, 3.05) is 37.7 Å². The van der Waals surface area contributed by atoms with Gasteiger partial charge in [-0.25, -0.2) is 9.97 Å². The maximum absolute atomic E-state index is 12.8. The van der Waals surface area contributed by atoms with Gasteiger partial charge in [-0.05, 0) is 52.8 Å². The number of halogens is 1. The standard InChI is InChI=1S/C18H19IN4O2/c19-15-3-1-2-13(10-15)17(24)23-5-4-14-11-20-18(21-16(14)12-23)22-6-8-25-9-7-22/h1-3,10-11H,4-9,12H2. The van der Waals surface area contributed by atoms with Crippen LogP contribution in [0.3, 0.4) is 0 Å². The van der Waals surface area contributed by atoms with Crippen LogP contribution in [-0.4, -0.2) is 53.6 Å². The van der Waals surface area contributed by atoms with E-state index in [1.165, 1.54) is 0 Å². The first-order valence-corrected chi connectivity index (χ1v) is 9.51. The van der Waals surface area contributed by atoms with Crippen molar-refractivity contribution < 1.29 is 9.53 Å². The number of carbonyl (C=O) groups is 1. The van der Waals surface area contributed by atoms with E-state index in [2.05, 4.69) is 32.5 Å². The smallest absolute Gasteiger partial charge is 0.254 e. The van der Waals surface area contributed by atoms with Crippen molar-refractivity contribution in [3.63, 3.8) is 0 Å². The Balaban J connectivity index is 1.54. The predicted octanol–water partition coefficient (Wildman–Crippen LogP) is 2.12. The fraction of sp³-hybridized carbons (Fsp3) is 0.389. The second-order valence-electron chi connectivity index (χ2n) is 6.23. The molecule has 0 unspecified atom stereocenters. The van der Waals surface area contributed by atoms with Crippen molar-refractivity contribution in [2.45, 2.75) is 13.0 Å². The molecule has 0 spiro atoms. The largest absolute Gasteiger partial charge is 0.378 e. The van der Waals surface area contributed by atoms with Crippen LogP contribution in [0.1, 0.15) is 21.6 Å². The molecule has 2 aliphatic heterocycles. The second-order valence-corrected chi connectivity index (χ2v) is 7.47. The Kier molecular flexibility index (Phi) is 4.85. The van der Waals surface area contributed by atoms with Gasteiger partial charge in [0.25, 0.3) is 5.91 Å². The van der Waals surface area contributed by atoms with E-state index < -0.39 is 0 Å². The van der Waals surface area contributed by atoms with Crippen LogP contribution in [0.2, 0.25) is 0 Å². The summed E-state index contributed by atoms with van der Waals surface area (Å²) in [5.41, 5.74) is 2.84. The molecule has 6 nitrogen and oxygen atoms in total. The fourth-order valence-corrected chi connectivity index (χ4v) is 3.73. The van der Waals surface area contributed by atoms with Gasteiger partial charge in [0.2, 0.25) is 5.95 Å². The maximum atomic E-state index is 12.8. The molecule has 2 aromatic rings. The number of carbonyl (C=O) groups excluding carboxylic acids is 1. The summed E-state index contributed by atoms with van der Waals surface area (Å²) in [5.74, 6) is 0.807. The summed E-state index contributed by atoms with van der Waals surface area (Å²) < 4.78 is 6.46. The first-order valence-electron chi connectivity index (χ1n) is 8.43. The second kappa shape index (κ2) is 7.25. The Morgan fingerprint density at radius 2 is 2.04 bits per heavy atom. The Morgan fingerprint density at radius 1 is 1.20 bits per heavy atom. The number of aromatic nitrogens is 2. The Hall–Kier alpha value is -1.74. The number of hydrogen-bond acceptors (Lipinski definition) is 5. The van der Waals surface area contributed by atoms with Crippen molar-refractivity contribution in [1.82, 2.24) is 14.9 Å². The van der Waals surface area contributed by atoms with E-state index in [9.17, 15) is 4.79 Å². The molecule has 1 amide bonds. The highest BCUT2D eigenvalue weighted by Gasteiger charge is 2.24. The molecule has 1 fully saturated rings. The highest BCUT2D eigenvalue weighted by Crippen LogP contribution is 2.21. The molecule has 1 aromatic carbocycles. The predicted molar refractivity (Wildman–Crippen MR) is 103 cm³/mol. The van der Waals surface area contributed by atoms with Crippen LogP contribution >= 0.6 is 22.6 Å². The zero-order valence-electron chi connectivity index (χ0n) is 13.8. The Bertz CT molecular complexity index is 792. The van der Waals surface area contributed by atoms with E-state index in [4.69, 9.17) is 9.72 Å². The third-order valence-corrected chi connectivity index (χ3v) is 5.26. The molecule has 0 saturated carbocycles. The highest BCUT2D eigenvalue weighted by atomic mass is 127. The van der Waals surface area contributed by atoms with Crippen molar-refractivity contribution >= 4 is 34.4 Å². The summed E-state index contributed by atoms with van der Waals surface area (Å²) in [5, 5.41) is 0. The summed E-state index contributed by atoms with van der Waals surface area (Å²) in [6.45, 7) is 4.28. The molecule has 1 aromatic heterocycles. The van der Waals surface area contributed by atoms with Crippen molar-refractivity contribution in [1.29, 1.82) is 0 Å². The lowest BCUT2D eigenvalue weighted by Crippen LogP contribution is -2.39. The van der Waals surface area contributed by atoms with Crippen LogP contribution in [0.15, 0.2) is 30.5 Å². The van der Waals surface area contributed by atoms with E-state index in [0.717, 1.165) is 45.8 Å². The molecule has 0 N–H and O–H groups in total. The van der Waals surface area contributed by atoms with Gasteiger partial charge in [0.1, 0.15) is 0 Å². The first-order chi connectivity index (χ1) is 12.2. The number of benzene rings is 1. The molecule has 4 rings (SSSR count). The number of nitrogens with zero attached hydrogens (tertiary/aromatic N) is 4. The van der Waals surface area contributed by atoms with E-state index in [0.29, 0.717) is 26.3 Å². The monoisotopic (exact) mass is 450 g/mol. The molecule has 25 heavy (non-hydrogen) atoms. The van der Waals surface area contributed by atoms with E-state index >= 15 is 0 Å². The lowest BCUT2D eigenvalue weighted by atomic mass is 10.1. The first kappa shape index (κ1) is 16.7. The normalized spacial score (nSPS) is 17.3. The minimum absolute atomic E-state index is 0.0655. The summed E-state index contributed by atoms with van der Waals surface area (Å²) >= 11 is 2.23. The van der Waals surface area contributed by atoms with E-state index in [-0.39, 0.29) is 5.91 Å². The van der Waals surface area contributed by atoms with Gasteiger partial charge < -0.3 is 14.5 Å². The third-order valence-electron chi connectivity index (χ3n) is 4.59. The lowest BCUT2D eigenvalue weighted by molar-refractivity contribution is 0.0731. The molecule has 3 heterocycles. The molecule has 0 bridgehead atoms. The van der Waals surface area contributed by atoms with Crippen molar-refractivity contribution in [3.8, 4) is 0 Å². The third kappa shape index (κ3) is 3.62. The average Bonchev–Trinajstić information content (AvgIpc) is 2.67. The molecule has 0 aliphatic carbocycles. The zero-order chi connectivity index (χ0) is 17.2. The van der Waals surface area contributed by atoms with Gasteiger partial charge in [0, 0.05) is 35.0 Å². The zero-order valence-corrected chi connectivity index (χ0v) is 16.0. The van der Waals surface area contributed by atoms with Gasteiger partial charge in [-0.1, -0.05) is 6.07 Å². The topological polar surface area (TPSA) is 58.6 Å². The van der Waals surface area contributed by atoms with Gasteiger partial charge in [0.15, 0.2) is 0 Å². The molecule has 130 valence electrons. The van der Waals surface area contributed by atoms with Gasteiger partial charge in [-0.3, -0.25) is 4.79 Å². The minimum atomic E-state index is 0.0655. The number of ether oxygens (including phenoxy) is 1. The molecule has 7 heteroatoms. The van der Waals surface area contributed by atoms with Gasteiger partial charge in [0.05, 0.1) is 25.5 Å². The van der Waals surface area contributed by atoms with E-state index in [1.807, 2.05) is 35.4 Å². The van der Waals surface area contributed by atoms with Crippen LogP contribution in [0.4, 0.5) is 5.95 Å². The number of morpholine rings is 1. The highest BCUT2D eigenvalue weighted by molar-refractivity contribution is 14.1. The number of anilines is 1. The number of rotatable bonds is 2. The Morgan fingerprint density at radius 3 is 2.84 bits per heavy atom. The fourth-order valence-electron chi connectivity index (χ4n) is 3.19. The van der Waals surface area contributed by atoms with Gasteiger partial charge in [-0.15, -0.1) is 0 Å². The molecule has 1 saturated heterocycles. The van der Waals surface area contributed by atoms with Crippen LogP contribution in [-0.2, 0) is 17.7 Å². The van der Waals surface area contributed by atoms with Crippen molar-refractivity contribution in [2.24, 2.45) is 0 Å². The SMILES string of the molecule is O=C(c1cccc(I)c1)N1CCc2cnc(N3CCOCC3)nc2C1. The van der Waals surface area contributed by atoms with Gasteiger partial charge in [-0.2, -0.15) is 0 Å². The number of fused-ring (bicyclic) bond motifs is 1. The minimum Gasteiger partial charge on any atom is -0.378 e. The summed E-state index contributed by atoms with van der Waals surface area (Å²) in [6.07, 6.45) is 2.72. The summed E-state index contributed by atoms with van der Waals surface area (Å²) in [4.78, 5) is 26.1. The summed E-state index contributed by atoms with van der Waals surface area (Å²) in [6, 6.07) is 7.72. The lowest BCUT2D eigenvalue weighted by Gasteiger charge is -2.30. The molecule has 0 radical (unpaired) electrons. The maximum Gasteiger partial charge on any atom is 0.254 e. The number of hydrogen-bond donors (Lipinski definition) is 0. The quantitative estimate of drug-likeness (QED) is 0.657. The molecular weight excluding hydrogens is 431 g/mol. The van der Waals surface area contributed by atoms with Crippen molar-refractivity contribution in [3.05, 3.63) is 50.9 Å². The summed E-state index contributed by atoms with van der Waals surface area (Å²) in [7, 11) is 0. The van der Waals surface area contributed by atoms with Crippen LogP contribution in [0.25, 0.3) is 0 Å². The van der Waals surface area contributed by atoms with Crippen LogP contribution in [0, 0.1) is 3.57 Å². The molecule has 2 aliphatic rings. The average molecular weight is 450 g/mol. The molecule has 0 atom stereocenters.